The molecule has 0 unspecified atom stereocenters. The summed E-state index contributed by atoms with van der Waals surface area (Å²) in [5.41, 5.74) is 3.68. The molecule has 1 N–H and O–H groups in total. The summed E-state index contributed by atoms with van der Waals surface area (Å²) in [4.78, 5) is 27.0. The molecule has 0 radical (unpaired) electrons. The summed E-state index contributed by atoms with van der Waals surface area (Å²) in [5, 5.41) is 2.68. The van der Waals surface area contributed by atoms with Crippen molar-refractivity contribution in [1.29, 1.82) is 0 Å². The second kappa shape index (κ2) is 6.91. The topological polar surface area (TPSA) is 63.6 Å². The molecule has 1 aliphatic heterocycles. The molecule has 0 bridgehead atoms. The Morgan fingerprint density at radius 2 is 1.96 bits per heavy atom. The Morgan fingerprint density at radius 1 is 1.21 bits per heavy atom. The van der Waals surface area contributed by atoms with E-state index in [1.807, 2.05) is 19.9 Å². The van der Waals surface area contributed by atoms with E-state index >= 15 is 0 Å². The molecular weight excluding hydrogens is 374 g/mol. The van der Waals surface area contributed by atoms with Crippen molar-refractivity contribution in [2.45, 2.75) is 32.7 Å². The van der Waals surface area contributed by atoms with Crippen LogP contribution >= 0.6 is 12.2 Å². The Hall–Kier alpha value is -2.93. The van der Waals surface area contributed by atoms with Gasteiger partial charge >= 0.3 is 0 Å². The first-order valence-corrected chi connectivity index (χ1v) is 9.55. The van der Waals surface area contributed by atoms with Crippen LogP contribution in [0.2, 0.25) is 0 Å². The van der Waals surface area contributed by atoms with E-state index in [2.05, 4.69) is 9.88 Å². The molecule has 7 heteroatoms. The zero-order valence-electron chi connectivity index (χ0n) is 16.0. The van der Waals surface area contributed by atoms with Crippen molar-refractivity contribution in [3.05, 3.63) is 52.9 Å². The van der Waals surface area contributed by atoms with Crippen LogP contribution in [0.25, 0.3) is 6.08 Å². The van der Waals surface area contributed by atoms with Crippen LogP contribution in [0.3, 0.4) is 0 Å². The van der Waals surface area contributed by atoms with E-state index < -0.39 is 11.8 Å². The molecule has 1 aromatic carbocycles. The third-order valence-corrected chi connectivity index (χ3v) is 5.43. The molecule has 6 nitrogen and oxygen atoms in total. The van der Waals surface area contributed by atoms with Crippen LogP contribution in [0, 0.1) is 13.8 Å². The highest BCUT2D eigenvalue weighted by atomic mass is 32.1. The van der Waals surface area contributed by atoms with Crippen molar-refractivity contribution in [3.63, 3.8) is 0 Å². The van der Waals surface area contributed by atoms with Crippen LogP contribution in [0.5, 0.6) is 5.75 Å². The normalized spacial score (nSPS) is 18.6. The Morgan fingerprint density at radius 3 is 2.64 bits per heavy atom. The number of amides is 2. The van der Waals surface area contributed by atoms with Crippen molar-refractivity contribution in [1.82, 2.24) is 9.88 Å². The minimum atomic E-state index is -0.481. The van der Waals surface area contributed by atoms with E-state index in [0.717, 1.165) is 17.0 Å². The molecule has 28 heavy (non-hydrogen) atoms. The van der Waals surface area contributed by atoms with E-state index in [0.29, 0.717) is 17.5 Å². The highest BCUT2D eigenvalue weighted by molar-refractivity contribution is 7.80. The highest BCUT2D eigenvalue weighted by Gasteiger charge is 2.35. The van der Waals surface area contributed by atoms with E-state index in [9.17, 15) is 9.59 Å². The van der Waals surface area contributed by atoms with Crippen molar-refractivity contribution in [2.24, 2.45) is 0 Å². The van der Waals surface area contributed by atoms with Gasteiger partial charge in [-0.3, -0.25) is 19.8 Å². The molecule has 144 valence electrons. The summed E-state index contributed by atoms with van der Waals surface area (Å²) < 4.78 is 7.51. The van der Waals surface area contributed by atoms with E-state index in [-0.39, 0.29) is 10.7 Å². The molecule has 2 fully saturated rings. The van der Waals surface area contributed by atoms with Crippen molar-refractivity contribution in [2.75, 3.05) is 12.0 Å². The van der Waals surface area contributed by atoms with Gasteiger partial charge in [-0.2, -0.15) is 0 Å². The molecule has 0 spiro atoms. The molecule has 1 saturated heterocycles. The van der Waals surface area contributed by atoms with E-state index in [1.54, 1.807) is 37.5 Å². The van der Waals surface area contributed by atoms with E-state index in [1.165, 1.54) is 17.7 Å². The minimum Gasteiger partial charge on any atom is -0.497 e. The van der Waals surface area contributed by atoms with Gasteiger partial charge in [-0.1, -0.05) is 6.07 Å². The molecule has 2 aliphatic rings. The van der Waals surface area contributed by atoms with Crippen LogP contribution in [-0.2, 0) is 9.59 Å². The van der Waals surface area contributed by atoms with Crippen LogP contribution in [0.1, 0.15) is 35.8 Å². The lowest BCUT2D eigenvalue weighted by molar-refractivity contribution is -0.122. The zero-order valence-corrected chi connectivity index (χ0v) is 16.8. The predicted molar refractivity (Wildman–Crippen MR) is 111 cm³/mol. The zero-order chi connectivity index (χ0) is 20.0. The second-order valence-electron chi connectivity index (χ2n) is 7.09. The van der Waals surface area contributed by atoms with Gasteiger partial charge in [0.25, 0.3) is 11.8 Å². The third-order valence-electron chi connectivity index (χ3n) is 5.15. The number of aromatic nitrogens is 1. The second-order valence-corrected chi connectivity index (χ2v) is 7.47. The smallest absolute Gasteiger partial charge is 0.270 e. The molecule has 0 atom stereocenters. The number of benzene rings is 1. The van der Waals surface area contributed by atoms with Gasteiger partial charge in [0.15, 0.2) is 5.11 Å². The Balaban J connectivity index is 1.74. The first kappa shape index (κ1) is 18.4. The third kappa shape index (κ3) is 3.11. The number of nitrogens with zero attached hydrogens (tertiary/aromatic N) is 2. The molecular formula is C21H21N3O3S. The summed E-state index contributed by atoms with van der Waals surface area (Å²) in [6, 6.07) is 9.56. The summed E-state index contributed by atoms with van der Waals surface area (Å²) in [6.45, 7) is 4.07. The number of methoxy groups -OCH3 is 1. The summed E-state index contributed by atoms with van der Waals surface area (Å²) in [5.74, 6) is -0.327. The maximum absolute atomic E-state index is 13.2. The van der Waals surface area contributed by atoms with Gasteiger partial charge in [0.2, 0.25) is 0 Å². The number of ether oxygens (including phenoxy) is 1. The maximum atomic E-state index is 13.2. The maximum Gasteiger partial charge on any atom is 0.270 e. The molecule has 1 aromatic heterocycles. The minimum absolute atomic E-state index is 0.0591. The average Bonchev–Trinajstić information content (AvgIpc) is 3.44. The predicted octanol–water partition coefficient (Wildman–Crippen LogP) is 3.28. The Bertz CT molecular complexity index is 1030. The fourth-order valence-corrected chi connectivity index (χ4v) is 3.92. The van der Waals surface area contributed by atoms with Crippen LogP contribution in [0.4, 0.5) is 5.69 Å². The van der Waals surface area contributed by atoms with Crippen LogP contribution in [0.15, 0.2) is 35.9 Å². The van der Waals surface area contributed by atoms with Gasteiger partial charge in [-0.25, -0.2) is 0 Å². The number of rotatable bonds is 4. The van der Waals surface area contributed by atoms with Crippen LogP contribution in [-0.4, -0.2) is 28.6 Å². The van der Waals surface area contributed by atoms with Crippen molar-refractivity contribution in [3.8, 4) is 5.75 Å². The van der Waals surface area contributed by atoms with Gasteiger partial charge < -0.3 is 9.30 Å². The molecule has 2 amide bonds. The van der Waals surface area contributed by atoms with Crippen LogP contribution < -0.4 is 15.0 Å². The van der Waals surface area contributed by atoms with Gasteiger partial charge in [0.1, 0.15) is 11.3 Å². The summed E-state index contributed by atoms with van der Waals surface area (Å²) in [6.07, 6.45) is 4.00. The number of aryl methyl sites for hydroxylation is 1. The lowest BCUT2D eigenvalue weighted by atomic mass is 10.1. The number of hydrogen-bond donors (Lipinski definition) is 1. The number of carbonyl (C=O) groups is 2. The van der Waals surface area contributed by atoms with Crippen molar-refractivity contribution >= 4 is 40.9 Å². The molecule has 2 heterocycles. The highest BCUT2D eigenvalue weighted by Crippen LogP contribution is 2.39. The van der Waals surface area contributed by atoms with E-state index in [4.69, 9.17) is 17.0 Å². The Labute approximate surface area is 168 Å². The number of hydrogen-bond acceptors (Lipinski definition) is 4. The first-order valence-electron chi connectivity index (χ1n) is 9.14. The fourth-order valence-electron chi connectivity index (χ4n) is 3.64. The molecule has 1 saturated carbocycles. The quantitative estimate of drug-likeness (QED) is 0.490. The molecule has 2 aromatic rings. The van der Waals surface area contributed by atoms with Gasteiger partial charge in [-0.05, 0) is 68.7 Å². The number of carbonyl (C=O) groups excluding carboxylic acids is 2. The molecule has 4 rings (SSSR count). The monoisotopic (exact) mass is 395 g/mol. The lowest BCUT2D eigenvalue weighted by Crippen LogP contribution is -2.54. The van der Waals surface area contributed by atoms with Crippen molar-refractivity contribution < 1.29 is 14.3 Å². The fraction of sp³-hybridized carbons (Fsp3) is 0.286. The van der Waals surface area contributed by atoms with Gasteiger partial charge in [-0.15, -0.1) is 0 Å². The lowest BCUT2D eigenvalue weighted by Gasteiger charge is -2.29. The standard InChI is InChI=1S/C21H21N3O3S/c1-12-9-14(13(2)23(12)15-7-8-15)10-18-19(25)22-21(28)24(20(18)26)16-5-4-6-17(11-16)27-3/h4-6,9-11,15H,7-8H2,1-3H3,(H,22,25,28). The Kier molecular flexibility index (Phi) is 4.55. The molecule has 1 aliphatic carbocycles. The van der Waals surface area contributed by atoms with Gasteiger partial charge in [0.05, 0.1) is 12.8 Å². The largest absolute Gasteiger partial charge is 0.497 e. The number of nitrogens with one attached hydrogen (secondary N) is 1. The summed E-state index contributed by atoms with van der Waals surface area (Å²) in [7, 11) is 1.55. The SMILES string of the molecule is COc1cccc(N2C(=O)C(=Cc3cc(C)n(C4CC4)c3C)C(=O)NC2=S)c1. The van der Waals surface area contributed by atoms with Gasteiger partial charge in [0, 0.05) is 23.5 Å². The first-order chi connectivity index (χ1) is 13.4. The number of anilines is 1. The number of thiocarbonyl (C=S) groups is 1. The average molecular weight is 395 g/mol. The summed E-state index contributed by atoms with van der Waals surface area (Å²) >= 11 is 5.25.